The fraction of sp³-hybridized carbons (Fsp3) is 1.00. The Morgan fingerprint density at radius 3 is 1.33 bits per heavy atom. The number of thioether (sulfide) groups is 1. The largest absolute Gasteiger partial charge is 0.323 e. The third-order valence-corrected chi connectivity index (χ3v) is 0.866. The lowest BCUT2D eigenvalue weighted by Crippen LogP contribution is -1.89. The summed E-state index contributed by atoms with van der Waals surface area (Å²) >= 11 is 1.86. The van der Waals surface area contributed by atoms with Crippen LogP contribution in [0.3, 0.4) is 0 Å². The van der Waals surface area contributed by atoms with Crippen molar-refractivity contribution in [3.63, 3.8) is 0 Å². The number of nitrogens with one attached hydrogen (secondary N) is 1. The molecule has 0 spiro atoms. The van der Waals surface area contributed by atoms with E-state index in [1.54, 1.807) is 0 Å². The van der Waals surface area contributed by atoms with Crippen LogP contribution in [0.25, 0.3) is 0 Å². The van der Waals surface area contributed by atoms with Crippen LogP contribution in [-0.2, 0) is 0 Å². The Bertz CT molecular complexity index is 16.4. The SMILES string of the molecule is CC.CCSC.CNC. The fourth-order valence-corrected chi connectivity index (χ4v) is 0. The minimum absolute atomic E-state index is 1.24. The summed E-state index contributed by atoms with van der Waals surface area (Å²) in [5, 5.41) is 2.75. The zero-order valence-corrected chi connectivity index (χ0v) is 8.43. The van der Waals surface area contributed by atoms with Crippen molar-refractivity contribution in [2.24, 2.45) is 0 Å². The van der Waals surface area contributed by atoms with Gasteiger partial charge in [-0.1, -0.05) is 20.8 Å². The average Bonchev–Trinajstić information content (AvgIpc) is 1.94. The van der Waals surface area contributed by atoms with Crippen LogP contribution in [0.4, 0.5) is 0 Å². The third-order valence-electron chi connectivity index (χ3n) is 0.289. The lowest BCUT2D eigenvalue weighted by atomic mass is 11.0. The van der Waals surface area contributed by atoms with Gasteiger partial charge in [0.25, 0.3) is 0 Å². The molecule has 0 aromatic carbocycles. The molecule has 0 fully saturated rings. The summed E-state index contributed by atoms with van der Waals surface area (Å²) in [5.74, 6) is 1.24. The molecule has 0 aromatic heterocycles. The first kappa shape index (κ1) is 16.1. The molecule has 0 aliphatic heterocycles. The van der Waals surface area contributed by atoms with E-state index in [2.05, 4.69) is 18.5 Å². The second-order valence-corrected chi connectivity index (χ2v) is 2.23. The van der Waals surface area contributed by atoms with Crippen LogP contribution >= 0.6 is 11.8 Å². The zero-order valence-electron chi connectivity index (χ0n) is 7.62. The fourth-order valence-electron chi connectivity index (χ4n) is 0. The van der Waals surface area contributed by atoms with Gasteiger partial charge < -0.3 is 5.32 Å². The molecular weight excluding hydrogens is 130 g/mol. The Labute approximate surface area is 64.6 Å². The lowest BCUT2D eigenvalue weighted by molar-refractivity contribution is 1.02. The van der Waals surface area contributed by atoms with Crippen LogP contribution in [-0.4, -0.2) is 26.1 Å². The lowest BCUT2D eigenvalue weighted by Gasteiger charge is -1.69. The zero-order chi connectivity index (χ0) is 8.12. The van der Waals surface area contributed by atoms with Crippen molar-refractivity contribution >= 4 is 11.8 Å². The number of rotatable bonds is 1. The van der Waals surface area contributed by atoms with Gasteiger partial charge in [-0.3, -0.25) is 0 Å². The molecule has 0 saturated carbocycles. The van der Waals surface area contributed by atoms with E-state index in [0.29, 0.717) is 0 Å². The maximum absolute atomic E-state index is 2.75. The minimum Gasteiger partial charge on any atom is -0.323 e. The highest BCUT2D eigenvalue weighted by atomic mass is 32.2. The molecule has 0 atom stereocenters. The Hall–Kier alpha value is 0.310. The van der Waals surface area contributed by atoms with Gasteiger partial charge in [-0.2, -0.15) is 11.8 Å². The topological polar surface area (TPSA) is 12.0 Å². The summed E-state index contributed by atoms with van der Waals surface area (Å²) in [5.41, 5.74) is 0. The maximum atomic E-state index is 2.75. The monoisotopic (exact) mass is 151 g/mol. The minimum atomic E-state index is 1.24. The van der Waals surface area contributed by atoms with Gasteiger partial charge in [0, 0.05) is 0 Å². The van der Waals surface area contributed by atoms with E-state index in [-0.39, 0.29) is 0 Å². The normalized spacial score (nSPS) is 6.00. The van der Waals surface area contributed by atoms with Crippen LogP contribution in [0.5, 0.6) is 0 Å². The summed E-state index contributed by atoms with van der Waals surface area (Å²) in [6.45, 7) is 6.14. The van der Waals surface area contributed by atoms with Crippen LogP contribution in [0.15, 0.2) is 0 Å². The predicted molar refractivity (Wildman–Crippen MR) is 50.4 cm³/mol. The molecule has 0 saturated heterocycles. The first-order valence-electron chi connectivity index (χ1n) is 3.40. The van der Waals surface area contributed by atoms with Crippen molar-refractivity contribution in [2.75, 3.05) is 26.1 Å². The molecule has 60 valence electrons. The second-order valence-electron chi connectivity index (χ2n) is 1.08. The van der Waals surface area contributed by atoms with Crippen molar-refractivity contribution in [3.8, 4) is 0 Å². The van der Waals surface area contributed by atoms with Gasteiger partial charge in [-0.25, -0.2) is 0 Å². The van der Waals surface area contributed by atoms with E-state index in [9.17, 15) is 0 Å². The summed E-state index contributed by atoms with van der Waals surface area (Å²) in [4.78, 5) is 0. The Balaban J connectivity index is -0.0000000646. The van der Waals surface area contributed by atoms with E-state index < -0.39 is 0 Å². The van der Waals surface area contributed by atoms with Crippen LogP contribution in [0.2, 0.25) is 0 Å². The van der Waals surface area contributed by atoms with Crippen LogP contribution < -0.4 is 5.32 Å². The molecule has 0 amide bonds. The molecule has 0 rings (SSSR count). The predicted octanol–water partition coefficient (Wildman–Crippen LogP) is 2.23. The van der Waals surface area contributed by atoms with Crippen molar-refractivity contribution in [1.82, 2.24) is 5.32 Å². The van der Waals surface area contributed by atoms with E-state index in [1.807, 2.05) is 39.7 Å². The van der Waals surface area contributed by atoms with Gasteiger partial charge in [0.1, 0.15) is 0 Å². The molecule has 1 nitrogen and oxygen atoms in total. The quantitative estimate of drug-likeness (QED) is 0.617. The highest BCUT2D eigenvalue weighted by molar-refractivity contribution is 7.98. The van der Waals surface area contributed by atoms with Gasteiger partial charge in [-0.15, -0.1) is 0 Å². The summed E-state index contributed by atoms with van der Waals surface area (Å²) in [6, 6.07) is 0. The van der Waals surface area contributed by atoms with Crippen molar-refractivity contribution in [2.45, 2.75) is 20.8 Å². The molecule has 9 heavy (non-hydrogen) atoms. The van der Waals surface area contributed by atoms with Gasteiger partial charge in [0.05, 0.1) is 0 Å². The standard InChI is InChI=1S/C3H8S.C2H7N.C2H6/c1-3-4-2;1-3-2;1-2/h3H2,1-2H3;3H,1-2H3;1-2H3. The highest BCUT2D eigenvalue weighted by Crippen LogP contribution is 1.83. The van der Waals surface area contributed by atoms with Crippen LogP contribution in [0, 0.1) is 0 Å². The van der Waals surface area contributed by atoms with Crippen molar-refractivity contribution in [3.05, 3.63) is 0 Å². The number of hydrogen-bond donors (Lipinski definition) is 1. The molecule has 0 aromatic rings. The summed E-state index contributed by atoms with van der Waals surface area (Å²) < 4.78 is 0. The van der Waals surface area contributed by atoms with E-state index in [4.69, 9.17) is 0 Å². The first-order chi connectivity index (χ1) is 4.33. The van der Waals surface area contributed by atoms with Crippen LogP contribution in [0.1, 0.15) is 20.8 Å². The molecule has 0 unspecified atom stereocenters. The molecule has 2 heteroatoms. The van der Waals surface area contributed by atoms with Gasteiger partial charge in [-0.05, 0) is 26.1 Å². The third kappa shape index (κ3) is 193. The molecule has 0 heterocycles. The number of hydrogen-bond acceptors (Lipinski definition) is 2. The Morgan fingerprint density at radius 2 is 1.33 bits per heavy atom. The van der Waals surface area contributed by atoms with E-state index >= 15 is 0 Å². The van der Waals surface area contributed by atoms with Gasteiger partial charge in [0.15, 0.2) is 0 Å². The molecule has 0 radical (unpaired) electrons. The first-order valence-corrected chi connectivity index (χ1v) is 4.80. The molecule has 0 aliphatic carbocycles. The average molecular weight is 151 g/mol. The molecular formula is C7H21NS. The smallest absolute Gasteiger partial charge is 0.00988 e. The Morgan fingerprint density at radius 1 is 1.22 bits per heavy atom. The second kappa shape index (κ2) is 40.5. The molecule has 1 N–H and O–H groups in total. The Kier molecular flexibility index (Phi) is 72.7. The summed E-state index contributed by atoms with van der Waals surface area (Å²) in [6.07, 6.45) is 2.10. The van der Waals surface area contributed by atoms with E-state index in [1.165, 1.54) is 5.75 Å². The van der Waals surface area contributed by atoms with E-state index in [0.717, 1.165) is 0 Å². The molecule has 0 aliphatic rings. The highest BCUT2D eigenvalue weighted by Gasteiger charge is 1.55. The molecule has 0 bridgehead atoms. The maximum Gasteiger partial charge on any atom is -0.00988 e. The van der Waals surface area contributed by atoms with Crippen molar-refractivity contribution in [1.29, 1.82) is 0 Å². The van der Waals surface area contributed by atoms with Crippen molar-refractivity contribution < 1.29 is 0 Å². The van der Waals surface area contributed by atoms with Gasteiger partial charge >= 0.3 is 0 Å². The summed E-state index contributed by atoms with van der Waals surface area (Å²) in [7, 11) is 3.75. The van der Waals surface area contributed by atoms with Gasteiger partial charge in [0.2, 0.25) is 0 Å².